The van der Waals surface area contributed by atoms with Crippen LogP contribution in [0.2, 0.25) is 0 Å². The lowest BCUT2D eigenvalue weighted by atomic mass is 10.1. The maximum Gasteiger partial charge on any atom is 0.573 e. The molecule has 0 aromatic heterocycles. The number of ether oxygens (including phenoxy) is 1. The molecule has 102 valence electrons. The summed E-state index contributed by atoms with van der Waals surface area (Å²) in [5.74, 6) is 1.19. The van der Waals surface area contributed by atoms with E-state index in [4.69, 9.17) is 12.2 Å². The molecular formula is C12H11F3N2O2. The number of alkyl halides is 3. The SMILES string of the molecule is C#CC(C)NC(=O)c1ccc(OC(F)(F)F)c(N)c1. The minimum absolute atomic E-state index is 0.0918. The van der Waals surface area contributed by atoms with Crippen molar-refractivity contribution < 1.29 is 22.7 Å². The molecule has 0 bridgehead atoms. The molecule has 0 saturated carbocycles. The highest BCUT2D eigenvalue weighted by Crippen LogP contribution is 2.28. The maximum absolute atomic E-state index is 12.0. The second kappa shape index (κ2) is 5.52. The number of nitrogens with two attached hydrogens (primary N) is 1. The van der Waals surface area contributed by atoms with E-state index < -0.39 is 24.1 Å². The van der Waals surface area contributed by atoms with Crippen LogP contribution >= 0.6 is 0 Å². The second-order valence-corrected chi connectivity index (χ2v) is 3.66. The maximum atomic E-state index is 12.0. The van der Waals surface area contributed by atoms with Crippen molar-refractivity contribution in [2.75, 3.05) is 5.73 Å². The van der Waals surface area contributed by atoms with Crippen LogP contribution in [0.4, 0.5) is 18.9 Å². The van der Waals surface area contributed by atoms with E-state index >= 15 is 0 Å². The number of terminal acetylenes is 1. The van der Waals surface area contributed by atoms with Gasteiger partial charge >= 0.3 is 6.36 Å². The molecule has 0 aliphatic heterocycles. The van der Waals surface area contributed by atoms with E-state index in [-0.39, 0.29) is 11.3 Å². The predicted octanol–water partition coefficient (Wildman–Crippen LogP) is 1.92. The Kier molecular flexibility index (Phi) is 4.27. The van der Waals surface area contributed by atoms with Gasteiger partial charge in [-0.2, -0.15) is 0 Å². The Morgan fingerprint density at radius 1 is 1.53 bits per heavy atom. The van der Waals surface area contributed by atoms with Crippen molar-refractivity contribution in [2.45, 2.75) is 19.3 Å². The summed E-state index contributed by atoms with van der Waals surface area (Å²) < 4.78 is 39.7. The van der Waals surface area contributed by atoms with Gasteiger partial charge in [-0.05, 0) is 25.1 Å². The second-order valence-electron chi connectivity index (χ2n) is 3.66. The van der Waals surface area contributed by atoms with Crippen LogP contribution in [0, 0.1) is 12.3 Å². The van der Waals surface area contributed by atoms with Gasteiger partial charge in [0, 0.05) is 5.56 Å². The molecule has 0 heterocycles. The first-order valence-corrected chi connectivity index (χ1v) is 5.15. The number of halogens is 3. The normalized spacial score (nSPS) is 12.4. The zero-order valence-corrected chi connectivity index (χ0v) is 9.91. The molecule has 7 heteroatoms. The van der Waals surface area contributed by atoms with Gasteiger partial charge in [0.05, 0.1) is 11.7 Å². The fourth-order valence-corrected chi connectivity index (χ4v) is 1.23. The number of carbonyl (C=O) groups excluding carboxylic acids is 1. The van der Waals surface area contributed by atoms with E-state index in [0.717, 1.165) is 18.2 Å². The molecule has 4 nitrogen and oxygen atoms in total. The Hall–Kier alpha value is -2.36. The van der Waals surface area contributed by atoms with Crippen LogP contribution in [0.3, 0.4) is 0 Å². The molecule has 1 aromatic carbocycles. The molecule has 0 aliphatic carbocycles. The van der Waals surface area contributed by atoms with Crippen LogP contribution < -0.4 is 15.8 Å². The molecule has 1 atom stereocenters. The van der Waals surface area contributed by atoms with E-state index in [1.54, 1.807) is 6.92 Å². The predicted molar refractivity (Wildman–Crippen MR) is 63.3 cm³/mol. The standard InChI is InChI=1S/C12H11F3N2O2/c1-3-7(2)17-11(18)8-4-5-10(9(16)6-8)19-12(13,14)15/h1,4-7H,16H2,2H3,(H,17,18). The highest BCUT2D eigenvalue weighted by molar-refractivity contribution is 5.95. The molecule has 0 saturated heterocycles. The smallest absolute Gasteiger partial charge is 0.404 e. The van der Waals surface area contributed by atoms with Crippen molar-refractivity contribution in [1.29, 1.82) is 0 Å². The number of rotatable bonds is 3. The summed E-state index contributed by atoms with van der Waals surface area (Å²) in [5, 5.41) is 2.45. The Bertz CT molecular complexity index is 521. The van der Waals surface area contributed by atoms with Crippen LogP contribution in [0.15, 0.2) is 18.2 Å². The quantitative estimate of drug-likeness (QED) is 0.652. The molecule has 1 unspecified atom stereocenters. The lowest BCUT2D eigenvalue weighted by Crippen LogP contribution is -2.31. The molecule has 0 spiro atoms. The van der Waals surface area contributed by atoms with Crippen LogP contribution in [0.1, 0.15) is 17.3 Å². The number of hydrogen-bond donors (Lipinski definition) is 2. The zero-order chi connectivity index (χ0) is 14.6. The highest BCUT2D eigenvalue weighted by Gasteiger charge is 2.32. The third kappa shape index (κ3) is 4.43. The van der Waals surface area contributed by atoms with Gasteiger partial charge in [0.2, 0.25) is 0 Å². The van der Waals surface area contributed by atoms with Crippen molar-refractivity contribution in [3.05, 3.63) is 23.8 Å². The number of hydrogen-bond acceptors (Lipinski definition) is 3. The Morgan fingerprint density at radius 3 is 2.63 bits per heavy atom. The van der Waals surface area contributed by atoms with Crippen molar-refractivity contribution in [2.24, 2.45) is 0 Å². The average Bonchev–Trinajstić information content (AvgIpc) is 2.29. The number of nitrogens with one attached hydrogen (secondary N) is 1. The molecule has 0 aliphatic rings. The van der Waals surface area contributed by atoms with Gasteiger partial charge in [-0.1, -0.05) is 5.92 Å². The van der Waals surface area contributed by atoms with E-state index in [1.165, 1.54) is 0 Å². The monoisotopic (exact) mass is 272 g/mol. The highest BCUT2D eigenvalue weighted by atomic mass is 19.4. The lowest BCUT2D eigenvalue weighted by Gasteiger charge is -2.12. The largest absolute Gasteiger partial charge is 0.573 e. The van der Waals surface area contributed by atoms with Gasteiger partial charge < -0.3 is 15.8 Å². The minimum atomic E-state index is -4.84. The summed E-state index contributed by atoms with van der Waals surface area (Å²) in [6, 6.07) is 2.72. The third-order valence-electron chi connectivity index (χ3n) is 2.10. The third-order valence-corrected chi connectivity index (χ3v) is 2.10. The first-order chi connectivity index (χ1) is 8.73. The van der Waals surface area contributed by atoms with Gasteiger partial charge in [-0.15, -0.1) is 19.6 Å². The van der Waals surface area contributed by atoms with Gasteiger partial charge in [-0.25, -0.2) is 0 Å². The summed E-state index contributed by atoms with van der Waals surface area (Å²) >= 11 is 0. The van der Waals surface area contributed by atoms with Gasteiger partial charge in [0.15, 0.2) is 5.75 Å². The van der Waals surface area contributed by atoms with Crippen molar-refractivity contribution in [3.63, 3.8) is 0 Å². The summed E-state index contributed by atoms with van der Waals surface area (Å²) in [4.78, 5) is 11.6. The van der Waals surface area contributed by atoms with E-state index in [1.807, 2.05) is 0 Å². The average molecular weight is 272 g/mol. The molecule has 1 amide bonds. The van der Waals surface area contributed by atoms with Gasteiger partial charge in [-0.3, -0.25) is 4.79 Å². The zero-order valence-electron chi connectivity index (χ0n) is 9.91. The Balaban J connectivity index is 2.88. The Labute approximate surface area is 107 Å². The first kappa shape index (κ1) is 14.7. The van der Waals surface area contributed by atoms with E-state index in [9.17, 15) is 18.0 Å². The number of anilines is 1. The molecular weight excluding hydrogens is 261 g/mol. The summed E-state index contributed by atoms with van der Waals surface area (Å²) in [5.41, 5.74) is 5.18. The number of nitrogen functional groups attached to an aromatic ring is 1. The first-order valence-electron chi connectivity index (χ1n) is 5.15. The van der Waals surface area contributed by atoms with Gasteiger partial charge in [0.1, 0.15) is 0 Å². The summed E-state index contributed by atoms with van der Waals surface area (Å²) in [7, 11) is 0. The van der Waals surface area contributed by atoms with Crippen LogP contribution in [-0.2, 0) is 0 Å². The fourth-order valence-electron chi connectivity index (χ4n) is 1.23. The lowest BCUT2D eigenvalue weighted by molar-refractivity contribution is -0.274. The molecule has 1 rings (SSSR count). The van der Waals surface area contributed by atoms with Crippen LogP contribution in [0.5, 0.6) is 5.75 Å². The number of benzene rings is 1. The fraction of sp³-hybridized carbons (Fsp3) is 0.250. The van der Waals surface area contributed by atoms with Crippen LogP contribution in [0.25, 0.3) is 0 Å². The molecule has 19 heavy (non-hydrogen) atoms. The number of amides is 1. The summed E-state index contributed by atoms with van der Waals surface area (Å²) in [6.07, 6.45) is 0.250. The van der Waals surface area contributed by atoms with E-state index in [0.29, 0.717) is 0 Å². The van der Waals surface area contributed by atoms with Crippen molar-refractivity contribution in [1.82, 2.24) is 5.32 Å². The van der Waals surface area contributed by atoms with E-state index in [2.05, 4.69) is 16.0 Å². The molecule has 0 radical (unpaired) electrons. The van der Waals surface area contributed by atoms with Crippen molar-refractivity contribution >= 4 is 11.6 Å². The number of carbonyl (C=O) groups is 1. The topological polar surface area (TPSA) is 64.3 Å². The molecule has 1 aromatic rings. The molecule has 3 N–H and O–H groups in total. The summed E-state index contributed by atoms with van der Waals surface area (Å²) in [6.45, 7) is 1.59. The Morgan fingerprint density at radius 2 is 2.16 bits per heavy atom. The van der Waals surface area contributed by atoms with Crippen molar-refractivity contribution in [3.8, 4) is 18.1 Å². The van der Waals surface area contributed by atoms with Gasteiger partial charge in [0.25, 0.3) is 5.91 Å². The molecule has 0 fully saturated rings. The minimum Gasteiger partial charge on any atom is -0.404 e. The van der Waals surface area contributed by atoms with Crippen LogP contribution in [-0.4, -0.2) is 18.3 Å².